The largest absolute Gasteiger partial charge is 0.481 e. The standard InChI is InChI=1S/C18H32N6O9/c19-6-2-1-3-9(20)15(29)24-12(8-25)17(31)22-10(4-5-14(27)28)16(30)23-11(18(32)33)7-13(21)26/h9-12,25H,1-8,19-20H2,(H2,21,26)(H,22,31)(H,23,30)(H,24,29)(H,27,28)(H,32,33). The number of nitrogens with one attached hydrogen (secondary N) is 3. The van der Waals surface area contributed by atoms with Crippen molar-refractivity contribution in [2.24, 2.45) is 17.2 Å². The Morgan fingerprint density at radius 2 is 1.33 bits per heavy atom. The molecule has 15 heteroatoms. The third kappa shape index (κ3) is 12.4. The number of aliphatic hydroxyl groups is 1. The second-order valence-electron chi connectivity index (χ2n) is 7.20. The number of aliphatic hydroxyl groups excluding tert-OH is 1. The monoisotopic (exact) mass is 476 g/mol. The van der Waals surface area contributed by atoms with Gasteiger partial charge in [0.2, 0.25) is 23.6 Å². The van der Waals surface area contributed by atoms with Gasteiger partial charge in [0.1, 0.15) is 18.1 Å². The molecule has 4 amide bonds. The number of rotatable bonds is 17. The fourth-order valence-corrected chi connectivity index (χ4v) is 2.60. The molecule has 0 aromatic heterocycles. The van der Waals surface area contributed by atoms with E-state index < -0.39 is 85.6 Å². The average Bonchev–Trinajstić information content (AvgIpc) is 2.73. The molecule has 33 heavy (non-hydrogen) atoms. The zero-order valence-electron chi connectivity index (χ0n) is 18.0. The Labute approximate surface area is 189 Å². The summed E-state index contributed by atoms with van der Waals surface area (Å²) in [5.74, 6) is -6.76. The van der Waals surface area contributed by atoms with Crippen molar-refractivity contribution in [2.75, 3.05) is 13.2 Å². The van der Waals surface area contributed by atoms with E-state index in [-0.39, 0.29) is 6.42 Å². The summed E-state index contributed by atoms with van der Waals surface area (Å²) in [4.78, 5) is 70.2. The molecule has 0 aliphatic heterocycles. The summed E-state index contributed by atoms with van der Waals surface area (Å²) in [6.07, 6.45) is -0.275. The van der Waals surface area contributed by atoms with Gasteiger partial charge in [-0.25, -0.2) is 4.79 Å². The molecule has 0 aromatic rings. The van der Waals surface area contributed by atoms with Crippen molar-refractivity contribution in [3.05, 3.63) is 0 Å². The average molecular weight is 476 g/mol. The number of aliphatic carboxylic acids is 2. The normalized spacial score (nSPS) is 14.3. The Hall–Kier alpha value is -3.30. The van der Waals surface area contributed by atoms with Crippen LogP contribution in [0.25, 0.3) is 0 Å². The van der Waals surface area contributed by atoms with Crippen LogP contribution in [0, 0.1) is 0 Å². The molecule has 0 aromatic carbocycles. The van der Waals surface area contributed by atoms with Crippen LogP contribution in [0.2, 0.25) is 0 Å². The highest BCUT2D eigenvalue weighted by Gasteiger charge is 2.30. The van der Waals surface area contributed by atoms with Crippen LogP contribution < -0.4 is 33.2 Å². The lowest BCUT2D eigenvalue weighted by Gasteiger charge is -2.24. The van der Waals surface area contributed by atoms with Gasteiger partial charge in [-0.05, 0) is 25.8 Å². The first-order chi connectivity index (χ1) is 15.4. The van der Waals surface area contributed by atoms with Crippen LogP contribution >= 0.6 is 0 Å². The van der Waals surface area contributed by atoms with E-state index in [0.717, 1.165) is 0 Å². The van der Waals surface area contributed by atoms with Crippen LogP contribution in [0.15, 0.2) is 0 Å². The van der Waals surface area contributed by atoms with E-state index in [9.17, 15) is 33.9 Å². The Balaban J connectivity index is 5.27. The SMILES string of the molecule is NCCCCC(N)C(=O)NC(CO)C(=O)NC(CCC(=O)O)C(=O)NC(CC(N)=O)C(=O)O. The summed E-state index contributed by atoms with van der Waals surface area (Å²) in [5, 5.41) is 33.8. The molecule has 4 atom stereocenters. The highest BCUT2D eigenvalue weighted by molar-refractivity contribution is 5.95. The van der Waals surface area contributed by atoms with Crippen LogP contribution in [0.3, 0.4) is 0 Å². The lowest BCUT2D eigenvalue weighted by atomic mass is 10.1. The van der Waals surface area contributed by atoms with Gasteiger partial charge in [0.05, 0.1) is 19.1 Å². The van der Waals surface area contributed by atoms with Crippen molar-refractivity contribution in [2.45, 2.75) is 62.7 Å². The smallest absolute Gasteiger partial charge is 0.326 e. The molecule has 0 radical (unpaired) electrons. The molecule has 0 aliphatic rings. The minimum absolute atomic E-state index is 0.281. The third-order valence-electron chi connectivity index (χ3n) is 4.42. The zero-order valence-corrected chi connectivity index (χ0v) is 18.0. The molecule has 0 spiro atoms. The van der Waals surface area contributed by atoms with E-state index in [1.54, 1.807) is 0 Å². The van der Waals surface area contributed by atoms with Gasteiger partial charge in [0.15, 0.2) is 0 Å². The Kier molecular flexibility index (Phi) is 13.9. The maximum Gasteiger partial charge on any atom is 0.326 e. The number of unbranched alkanes of at least 4 members (excludes halogenated alkanes) is 1. The van der Waals surface area contributed by atoms with Crippen LogP contribution in [-0.2, 0) is 28.8 Å². The van der Waals surface area contributed by atoms with E-state index in [4.69, 9.17) is 27.4 Å². The lowest BCUT2D eigenvalue weighted by molar-refractivity contribution is -0.144. The molecule has 0 fully saturated rings. The fraction of sp³-hybridized carbons (Fsp3) is 0.667. The van der Waals surface area contributed by atoms with E-state index in [0.29, 0.717) is 19.4 Å². The van der Waals surface area contributed by atoms with E-state index in [2.05, 4.69) is 10.6 Å². The van der Waals surface area contributed by atoms with Crippen LogP contribution in [-0.4, -0.2) is 88.2 Å². The van der Waals surface area contributed by atoms with Crippen molar-refractivity contribution in [1.29, 1.82) is 0 Å². The molecule has 0 bridgehead atoms. The number of carbonyl (C=O) groups is 6. The van der Waals surface area contributed by atoms with Crippen molar-refractivity contribution < 1.29 is 44.1 Å². The second-order valence-corrected chi connectivity index (χ2v) is 7.20. The van der Waals surface area contributed by atoms with Gasteiger partial charge in [-0.3, -0.25) is 24.0 Å². The van der Waals surface area contributed by atoms with Crippen molar-refractivity contribution in [3.63, 3.8) is 0 Å². The predicted octanol–water partition coefficient (Wildman–Crippen LogP) is -4.29. The summed E-state index contributed by atoms with van der Waals surface area (Å²) < 4.78 is 0. The Bertz CT molecular complexity index is 718. The summed E-state index contributed by atoms with van der Waals surface area (Å²) >= 11 is 0. The molecule has 12 N–H and O–H groups in total. The minimum atomic E-state index is -1.71. The molecule has 4 unspecified atom stereocenters. The number of primary amides is 1. The summed E-state index contributed by atoms with van der Waals surface area (Å²) in [6.45, 7) is -0.447. The van der Waals surface area contributed by atoms with Gasteiger partial charge in [0.25, 0.3) is 0 Å². The first kappa shape index (κ1) is 29.7. The molecular formula is C18H32N6O9. The number of carboxylic acids is 2. The molecule has 0 aliphatic carbocycles. The molecule has 0 heterocycles. The first-order valence-electron chi connectivity index (χ1n) is 10.1. The molecular weight excluding hydrogens is 444 g/mol. The summed E-state index contributed by atoms with van der Waals surface area (Å²) in [5.41, 5.74) is 16.0. The number of hydrogen-bond acceptors (Lipinski definition) is 9. The van der Waals surface area contributed by atoms with Gasteiger partial charge in [-0.1, -0.05) is 6.42 Å². The van der Waals surface area contributed by atoms with Crippen LogP contribution in [0.5, 0.6) is 0 Å². The van der Waals surface area contributed by atoms with Gasteiger partial charge in [-0.15, -0.1) is 0 Å². The van der Waals surface area contributed by atoms with Gasteiger partial charge in [0, 0.05) is 6.42 Å². The van der Waals surface area contributed by atoms with Crippen molar-refractivity contribution in [3.8, 4) is 0 Å². The highest BCUT2D eigenvalue weighted by atomic mass is 16.4. The van der Waals surface area contributed by atoms with E-state index in [1.165, 1.54) is 0 Å². The highest BCUT2D eigenvalue weighted by Crippen LogP contribution is 2.03. The Morgan fingerprint density at radius 1 is 0.788 bits per heavy atom. The fourth-order valence-electron chi connectivity index (χ4n) is 2.60. The van der Waals surface area contributed by atoms with E-state index >= 15 is 0 Å². The molecule has 0 rings (SSSR count). The summed E-state index contributed by atoms with van der Waals surface area (Å²) in [7, 11) is 0. The van der Waals surface area contributed by atoms with Crippen LogP contribution in [0.1, 0.15) is 38.5 Å². The minimum Gasteiger partial charge on any atom is -0.481 e. The lowest BCUT2D eigenvalue weighted by Crippen LogP contribution is -2.58. The zero-order chi connectivity index (χ0) is 25.6. The first-order valence-corrected chi connectivity index (χ1v) is 10.1. The predicted molar refractivity (Wildman–Crippen MR) is 112 cm³/mol. The Morgan fingerprint density at radius 3 is 1.82 bits per heavy atom. The number of carboxylic acid groups (broad SMARTS) is 2. The van der Waals surface area contributed by atoms with Gasteiger partial charge >= 0.3 is 11.9 Å². The summed E-state index contributed by atoms with van der Waals surface area (Å²) in [6, 6.07) is -5.75. The number of hydrogen-bond donors (Lipinski definition) is 9. The topological polar surface area (TPSA) is 277 Å². The molecule has 0 saturated heterocycles. The number of amides is 4. The number of nitrogens with two attached hydrogens (primary N) is 3. The molecule has 15 nitrogen and oxygen atoms in total. The molecule has 0 saturated carbocycles. The molecule has 188 valence electrons. The quantitative estimate of drug-likeness (QED) is 0.0905. The van der Waals surface area contributed by atoms with E-state index in [1.807, 2.05) is 5.32 Å². The number of carbonyl (C=O) groups excluding carboxylic acids is 4. The maximum absolute atomic E-state index is 12.5. The van der Waals surface area contributed by atoms with Crippen LogP contribution in [0.4, 0.5) is 0 Å². The van der Waals surface area contributed by atoms with Crippen molar-refractivity contribution in [1.82, 2.24) is 16.0 Å². The van der Waals surface area contributed by atoms with Gasteiger partial charge < -0.3 is 48.5 Å². The van der Waals surface area contributed by atoms with Gasteiger partial charge in [-0.2, -0.15) is 0 Å². The second kappa shape index (κ2) is 15.5. The third-order valence-corrected chi connectivity index (χ3v) is 4.42. The van der Waals surface area contributed by atoms with Crippen molar-refractivity contribution >= 4 is 35.6 Å². The maximum atomic E-state index is 12.5.